The van der Waals surface area contributed by atoms with Crippen molar-refractivity contribution in [2.24, 2.45) is 11.8 Å². The Labute approximate surface area is 308 Å². The van der Waals surface area contributed by atoms with Gasteiger partial charge in [-0.05, 0) is 49.2 Å². The van der Waals surface area contributed by atoms with Crippen molar-refractivity contribution in [1.29, 1.82) is 0 Å². The van der Waals surface area contributed by atoms with Gasteiger partial charge in [0.05, 0.1) is 45.1 Å². The molecular weight excluding hydrogens is 712 g/mol. The molecule has 2 aromatic carbocycles. The summed E-state index contributed by atoms with van der Waals surface area (Å²) in [6.45, 7) is 4.69. The van der Waals surface area contributed by atoms with E-state index in [4.69, 9.17) is 0 Å². The molecule has 54 heavy (non-hydrogen) atoms. The number of hydrogen-bond acceptors (Lipinski definition) is 8. The van der Waals surface area contributed by atoms with E-state index in [1.54, 1.807) is 25.1 Å². The second-order valence-electron chi connectivity index (χ2n) is 14.2. The van der Waals surface area contributed by atoms with Gasteiger partial charge in [-0.1, -0.05) is 6.92 Å². The van der Waals surface area contributed by atoms with Crippen molar-refractivity contribution in [3.63, 3.8) is 0 Å². The van der Waals surface area contributed by atoms with Crippen molar-refractivity contribution in [3.05, 3.63) is 71.7 Å². The van der Waals surface area contributed by atoms with Crippen LogP contribution in [-0.4, -0.2) is 106 Å². The molecule has 4 N–H and O–H groups in total. The van der Waals surface area contributed by atoms with E-state index in [1.165, 1.54) is 23.0 Å². The van der Waals surface area contributed by atoms with Crippen molar-refractivity contribution in [3.8, 4) is 17.0 Å². The number of aryl methyl sites for hydroxylation is 1. The first-order valence-electron chi connectivity index (χ1n) is 17.8. The van der Waals surface area contributed by atoms with E-state index in [0.717, 1.165) is 54.2 Å². The van der Waals surface area contributed by atoms with Crippen LogP contribution in [0.25, 0.3) is 16.9 Å². The lowest BCUT2D eigenvalue weighted by molar-refractivity contribution is -0.918. The number of aromatic nitrogens is 3. The highest BCUT2D eigenvalue weighted by Crippen LogP contribution is 2.33. The fraction of sp³-hybridized carbons (Fsp3) is 0.432. The van der Waals surface area contributed by atoms with Gasteiger partial charge in [0.1, 0.15) is 0 Å². The number of amides is 3. The number of rotatable bonds is 13. The summed E-state index contributed by atoms with van der Waals surface area (Å²) in [5.74, 6) is -4.24. The summed E-state index contributed by atoms with van der Waals surface area (Å²) in [5, 5.41) is 19.2. The summed E-state index contributed by atoms with van der Waals surface area (Å²) < 4.78 is 61.0. The SMILES string of the molecule is CCc1cc(Nc2nccn3c(-c4ccc(OC(F)F)c(F)c4F)cnc23)ccc1C(=O)N[C@@H](C)CN(C(=O)O)C(=O)C1CC[N+](C)(CC2CNC2)CC1. The number of likely N-dealkylation sites (tertiary alicyclic amines) is 1. The van der Waals surface area contributed by atoms with Gasteiger partial charge in [-0.2, -0.15) is 13.2 Å². The van der Waals surface area contributed by atoms with E-state index < -0.39 is 47.9 Å². The van der Waals surface area contributed by atoms with Crippen molar-refractivity contribution in [2.75, 3.05) is 51.6 Å². The monoisotopic (exact) mass is 755 g/mol. The number of fused-ring (bicyclic) bond motifs is 1. The van der Waals surface area contributed by atoms with Crippen molar-refractivity contribution >= 4 is 35.1 Å². The minimum atomic E-state index is -3.32. The molecule has 2 aliphatic heterocycles. The van der Waals surface area contributed by atoms with Gasteiger partial charge in [-0.25, -0.2) is 24.1 Å². The largest absolute Gasteiger partial charge is 0.465 e. The fourth-order valence-electron chi connectivity index (χ4n) is 7.27. The molecule has 0 saturated carbocycles. The molecule has 0 radical (unpaired) electrons. The molecule has 4 heterocycles. The Balaban J connectivity index is 1.11. The quantitative estimate of drug-likeness (QED) is 0.106. The second kappa shape index (κ2) is 16.0. The molecule has 2 saturated heterocycles. The van der Waals surface area contributed by atoms with Gasteiger partial charge in [-0.15, -0.1) is 0 Å². The Kier molecular flexibility index (Phi) is 11.4. The highest BCUT2D eigenvalue weighted by molar-refractivity contribution is 5.97. The molecule has 6 rings (SSSR count). The van der Waals surface area contributed by atoms with Crippen LogP contribution in [0.1, 0.15) is 42.6 Å². The van der Waals surface area contributed by atoms with E-state index in [9.17, 15) is 37.1 Å². The molecule has 2 aromatic heterocycles. The van der Waals surface area contributed by atoms with Crippen LogP contribution in [0.2, 0.25) is 0 Å². The summed E-state index contributed by atoms with van der Waals surface area (Å²) >= 11 is 0. The van der Waals surface area contributed by atoms with Crippen molar-refractivity contribution in [2.45, 2.75) is 45.8 Å². The van der Waals surface area contributed by atoms with Crippen LogP contribution < -0.4 is 20.7 Å². The number of imidazole rings is 1. The zero-order valence-electron chi connectivity index (χ0n) is 30.1. The number of nitrogens with zero attached hydrogens (tertiary/aromatic N) is 5. The Morgan fingerprint density at radius 3 is 2.50 bits per heavy atom. The Morgan fingerprint density at radius 1 is 1.11 bits per heavy atom. The second-order valence-corrected chi connectivity index (χ2v) is 14.2. The number of benzene rings is 2. The highest BCUT2D eigenvalue weighted by atomic mass is 19.3. The van der Waals surface area contributed by atoms with Gasteiger partial charge in [-0.3, -0.25) is 14.0 Å². The number of quaternary nitrogens is 1. The maximum atomic E-state index is 14.9. The van der Waals surface area contributed by atoms with Crippen LogP contribution in [0.3, 0.4) is 0 Å². The lowest BCUT2D eigenvalue weighted by atomic mass is 9.91. The highest BCUT2D eigenvalue weighted by Gasteiger charge is 2.39. The number of carbonyl (C=O) groups excluding carboxylic acids is 2. The number of carboxylic acid groups (broad SMARTS) is 1. The maximum Gasteiger partial charge on any atom is 0.414 e. The lowest BCUT2D eigenvalue weighted by Crippen LogP contribution is -2.59. The standard InChI is InChI=1S/C37H42F4N8O5/c1-4-23-15-25(46-32-33-44-18-28(47(33)12-11-43-32)27-7-8-29(54-36(40)41)31(39)30(27)38)5-6-26(23)34(50)45-21(2)19-48(37(52)53)35(51)24-9-13-49(3,14-10-24)20-22-16-42-17-22/h5-8,11-12,15,18,21-22,24,36,42H,4,9-10,13-14,16-17,19-20H2,1-3H3,(H2-,43,45,46,50,52,53)/p+1/t21-,24?,49?/m0/s1. The number of ether oxygens (including phenoxy) is 1. The molecule has 1 atom stereocenters. The first kappa shape index (κ1) is 38.4. The van der Waals surface area contributed by atoms with Crippen LogP contribution in [0.4, 0.5) is 33.9 Å². The number of piperidine rings is 1. The molecule has 0 aliphatic carbocycles. The molecule has 4 aromatic rings. The predicted molar refractivity (Wildman–Crippen MR) is 191 cm³/mol. The number of halogens is 4. The molecule has 3 amide bonds. The Bertz CT molecular complexity index is 2030. The molecule has 0 unspecified atom stereocenters. The number of alkyl halides is 2. The molecule has 288 valence electrons. The summed E-state index contributed by atoms with van der Waals surface area (Å²) in [4.78, 5) is 48.5. The van der Waals surface area contributed by atoms with E-state index in [-0.39, 0.29) is 35.2 Å². The first-order chi connectivity index (χ1) is 25.8. The molecule has 17 heteroatoms. The number of carbonyl (C=O) groups is 3. The average molecular weight is 756 g/mol. The summed E-state index contributed by atoms with van der Waals surface area (Å²) in [7, 11) is 2.20. The third-order valence-electron chi connectivity index (χ3n) is 10.2. The molecular formula is C37H43F4N8O5+. The molecule has 2 aliphatic rings. The molecule has 13 nitrogen and oxygen atoms in total. The van der Waals surface area contributed by atoms with Crippen LogP contribution in [0.15, 0.2) is 48.9 Å². The molecule has 0 bridgehead atoms. The smallest absolute Gasteiger partial charge is 0.414 e. The topological polar surface area (TPSA) is 150 Å². The zero-order valence-corrected chi connectivity index (χ0v) is 30.1. The van der Waals surface area contributed by atoms with E-state index in [2.05, 4.69) is 37.7 Å². The number of anilines is 2. The van der Waals surface area contributed by atoms with Crippen molar-refractivity contribution in [1.82, 2.24) is 29.9 Å². The van der Waals surface area contributed by atoms with Gasteiger partial charge >= 0.3 is 12.7 Å². The van der Waals surface area contributed by atoms with Gasteiger partial charge in [0, 0.05) is 73.0 Å². The zero-order chi connectivity index (χ0) is 38.7. The van der Waals surface area contributed by atoms with Crippen LogP contribution >= 0.6 is 0 Å². The summed E-state index contributed by atoms with van der Waals surface area (Å²) in [5.41, 5.74) is 1.71. The lowest BCUT2D eigenvalue weighted by Gasteiger charge is -2.44. The molecule has 2 fully saturated rings. The van der Waals surface area contributed by atoms with Gasteiger partial charge in [0.25, 0.3) is 5.91 Å². The minimum Gasteiger partial charge on any atom is -0.465 e. The fourth-order valence-corrected chi connectivity index (χ4v) is 7.27. The third kappa shape index (κ3) is 8.26. The minimum absolute atomic E-state index is 0.132. The third-order valence-corrected chi connectivity index (χ3v) is 10.2. The van der Waals surface area contributed by atoms with Crippen LogP contribution in [-0.2, 0) is 11.2 Å². The number of imide groups is 1. The number of nitrogens with one attached hydrogen (secondary N) is 3. The van der Waals surface area contributed by atoms with Gasteiger partial charge in [0.2, 0.25) is 11.7 Å². The first-order valence-corrected chi connectivity index (χ1v) is 17.8. The normalized spacial score (nSPS) is 19.3. The van der Waals surface area contributed by atoms with E-state index in [0.29, 0.717) is 42.0 Å². The maximum absolute atomic E-state index is 14.9. The summed E-state index contributed by atoms with van der Waals surface area (Å²) in [6.07, 6.45) is 4.52. The van der Waals surface area contributed by atoms with Gasteiger partial charge in [0.15, 0.2) is 23.0 Å². The van der Waals surface area contributed by atoms with E-state index >= 15 is 0 Å². The van der Waals surface area contributed by atoms with Crippen LogP contribution in [0.5, 0.6) is 5.75 Å². The van der Waals surface area contributed by atoms with E-state index in [1.807, 2.05) is 6.92 Å². The Hall–Kier alpha value is -5.29. The predicted octanol–water partition coefficient (Wildman–Crippen LogP) is 5.28. The van der Waals surface area contributed by atoms with Gasteiger partial charge < -0.3 is 30.3 Å². The average Bonchev–Trinajstić information content (AvgIpc) is 3.55. The number of hydrogen-bond donors (Lipinski definition) is 4. The van der Waals surface area contributed by atoms with Crippen LogP contribution in [0, 0.1) is 23.5 Å². The summed E-state index contributed by atoms with van der Waals surface area (Å²) in [6, 6.07) is 6.36. The van der Waals surface area contributed by atoms with Crippen molar-refractivity contribution < 1.29 is 46.3 Å². The molecule has 0 spiro atoms. The Morgan fingerprint density at radius 2 is 1.85 bits per heavy atom.